The third kappa shape index (κ3) is 7.57. The maximum absolute atomic E-state index is 13.1. The van der Waals surface area contributed by atoms with E-state index in [9.17, 15) is 4.79 Å². The van der Waals surface area contributed by atoms with Crippen LogP contribution in [-0.2, 0) is 50.8 Å². The van der Waals surface area contributed by atoms with Crippen molar-refractivity contribution in [2.75, 3.05) is 26.4 Å². The van der Waals surface area contributed by atoms with E-state index in [2.05, 4.69) is 87.0 Å². The van der Waals surface area contributed by atoms with Gasteiger partial charge in [-0.3, -0.25) is 4.79 Å². The second kappa shape index (κ2) is 13.6. The van der Waals surface area contributed by atoms with E-state index < -0.39 is 0 Å². The molecular weight excluding hydrogens is 572 g/mol. The topological polar surface area (TPSA) is 70.1 Å². The standard InChI is InChI=1S/C39H54N4O3/c1-38(2,3)36-32(23-29-13-19-45-20-14-29)42-17-11-27(25-34(42)40-36)7-9-31(44)10-8-28-12-18-43-33(24-30-15-21-46-22-16-30)37(39(4,5)6)41-35(43)26-28/h11-12,17-18,25-26,29-30H,7-10,13-16,19-24H2,1-6H3. The third-order valence-electron chi connectivity index (χ3n) is 10.0. The lowest BCUT2D eigenvalue weighted by Crippen LogP contribution is -2.21. The van der Waals surface area contributed by atoms with Gasteiger partial charge in [-0.1, -0.05) is 41.5 Å². The van der Waals surface area contributed by atoms with Crippen LogP contribution in [0.5, 0.6) is 0 Å². The van der Waals surface area contributed by atoms with Crippen LogP contribution in [0.25, 0.3) is 11.3 Å². The highest BCUT2D eigenvalue weighted by atomic mass is 16.5. The van der Waals surface area contributed by atoms with Gasteiger partial charge in [-0.25, -0.2) is 9.97 Å². The van der Waals surface area contributed by atoms with Crippen molar-refractivity contribution in [1.82, 2.24) is 18.8 Å². The van der Waals surface area contributed by atoms with Crippen molar-refractivity contribution in [3.8, 4) is 0 Å². The van der Waals surface area contributed by atoms with Crippen molar-refractivity contribution in [2.45, 2.75) is 117 Å². The quantitative estimate of drug-likeness (QED) is 0.181. The minimum absolute atomic E-state index is 0.0250. The van der Waals surface area contributed by atoms with Crippen molar-refractivity contribution < 1.29 is 14.3 Å². The van der Waals surface area contributed by atoms with Crippen molar-refractivity contribution in [3.63, 3.8) is 0 Å². The van der Waals surface area contributed by atoms with Gasteiger partial charge < -0.3 is 18.3 Å². The summed E-state index contributed by atoms with van der Waals surface area (Å²) in [5.41, 5.74) is 9.33. The Morgan fingerprint density at radius 1 is 0.696 bits per heavy atom. The zero-order valence-corrected chi connectivity index (χ0v) is 29.0. The highest BCUT2D eigenvalue weighted by molar-refractivity contribution is 5.79. The molecule has 4 aromatic heterocycles. The fraction of sp³-hybridized carbons (Fsp3) is 0.615. The molecule has 4 aromatic rings. The van der Waals surface area contributed by atoms with Gasteiger partial charge in [0.2, 0.25) is 0 Å². The first-order chi connectivity index (χ1) is 22.0. The molecule has 2 saturated heterocycles. The molecular formula is C39H54N4O3. The summed E-state index contributed by atoms with van der Waals surface area (Å²) in [5, 5.41) is 0. The van der Waals surface area contributed by atoms with E-state index in [0.29, 0.717) is 30.5 Å². The SMILES string of the molecule is CC(C)(C)c1nc2cc(CCC(=O)CCc3ccn4c(CC5CCOCC5)c(C(C)(C)C)nc4c3)ccn2c1CC1CCOCC1. The minimum Gasteiger partial charge on any atom is -0.381 e. The van der Waals surface area contributed by atoms with Crippen LogP contribution in [0.1, 0.15) is 114 Å². The molecule has 0 N–H and O–H groups in total. The summed E-state index contributed by atoms with van der Waals surface area (Å²) in [6.07, 6.45) is 13.5. The van der Waals surface area contributed by atoms with Crippen LogP contribution < -0.4 is 0 Å². The fourth-order valence-electron chi connectivity index (χ4n) is 7.32. The normalized spacial score (nSPS) is 17.3. The monoisotopic (exact) mass is 626 g/mol. The molecule has 0 radical (unpaired) electrons. The lowest BCUT2D eigenvalue weighted by atomic mass is 9.86. The zero-order chi connectivity index (χ0) is 32.5. The van der Waals surface area contributed by atoms with Crippen molar-refractivity contribution in [2.24, 2.45) is 11.8 Å². The number of fused-ring (bicyclic) bond motifs is 2. The summed E-state index contributed by atoms with van der Waals surface area (Å²) >= 11 is 0. The largest absolute Gasteiger partial charge is 0.381 e. The Bertz CT molecular complexity index is 1530. The first-order valence-corrected chi connectivity index (χ1v) is 17.6. The number of pyridine rings is 2. The van der Waals surface area contributed by atoms with Crippen LogP contribution in [-0.4, -0.2) is 51.0 Å². The predicted molar refractivity (Wildman–Crippen MR) is 184 cm³/mol. The number of hydrogen-bond donors (Lipinski definition) is 0. The number of ether oxygens (including phenoxy) is 2. The van der Waals surface area contributed by atoms with E-state index in [-0.39, 0.29) is 10.8 Å². The molecule has 7 nitrogen and oxygen atoms in total. The van der Waals surface area contributed by atoms with Gasteiger partial charge in [0, 0.05) is 73.9 Å². The summed E-state index contributed by atoms with van der Waals surface area (Å²) in [6.45, 7) is 16.9. The first-order valence-electron chi connectivity index (χ1n) is 17.6. The summed E-state index contributed by atoms with van der Waals surface area (Å²) in [7, 11) is 0. The molecule has 2 aliphatic heterocycles. The van der Waals surface area contributed by atoms with Gasteiger partial charge >= 0.3 is 0 Å². The zero-order valence-electron chi connectivity index (χ0n) is 29.0. The molecule has 0 amide bonds. The Morgan fingerprint density at radius 3 is 1.46 bits per heavy atom. The number of ketones is 1. The molecule has 6 rings (SSSR count). The van der Waals surface area contributed by atoms with E-state index in [1.165, 1.54) is 33.9 Å². The van der Waals surface area contributed by atoms with Gasteiger partial charge in [-0.05, 0) is 98.6 Å². The average molecular weight is 627 g/mol. The Balaban J connectivity index is 1.10. The van der Waals surface area contributed by atoms with Gasteiger partial charge in [0.05, 0.1) is 11.4 Å². The number of hydrogen-bond acceptors (Lipinski definition) is 5. The van der Waals surface area contributed by atoms with E-state index in [1.807, 2.05) is 0 Å². The maximum atomic E-state index is 13.1. The third-order valence-corrected chi connectivity index (χ3v) is 10.0. The number of carbonyl (C=O) groups is 1. The van der Waals surface area contributed by atoms with Gasteiger partial charge in [0.15, 0.2) is 0 Å². The summed E-state index contributed by atoms with van der Waals surface area (Å²) in [5.74, 6) is 1.58. The Morgan fingerprint density at radius 2 is 1.09 bits per heavy atom. The average Bonchev–Trinajstić information content (AvgIpc) is 3.58. The molecule has 0 aliphatic carbocycles. The van der Waals surface area contributed by atoms with Gasteiger partial charge in [0.25, 0.3) is 0 Å². The predicted octanol–water partition coefficient (Wildman–Crippen LogP) is 7.65. The van der Waals surface area contributed by atoms with E-state index in [1.54, 1.807) is 0 Å². The molecule has 0 saturated carbocycles. The molecule has 2 fully saturated rings. The van der Waals surface area contributed by atoms with Crippen molar-refractivity contribution in [1.29, 1.82) is 0 Å². The van der Waals surface area contributed by atoms with Crippen LogP contribution in [0.4, 0.5) is 0 Å². The fourth-order valence-corrected chi connectivity index (χ4v) is 7.32. The molecule has 0 bridgehead atoms. The molecule has 248 valence electrons. The minimum atomic E-state index is -0.0250. The van der Waals surface area contributed by atoms with Crippen LogP contribution in [0.15, 0.2) is 36.7 Å². The lowest BCUT2D eigenvalue weighted by molar-refractivity contribution is -0.119. The maximum Gasteiger partial charge on any atom is 0.137 e. The van der Waals surface area contributed by atoms with E-state index in [4.69, 9.17) is 19.4 Å². The summed E-state index contributed by atoms with van der Waals surface area (Å²) in [6, 6.07) is 8.73. The number of imidazole rings is 2. The van der Waals surface area contributed by atoms with Crippen molar-refractivity contribution in [3.05, 3.63) is 70.6 Å². The molecule has 0 atom stereocenters. The van der Waals surface area contributed by atoms with Crippen LogP contribution in [0, 0.1) is 11.8 Å². The number of carbonyl (C=O) groups excluding carboxylic acids is 1. The Labute approximate surface area is 275 Å². The van der Waals surface area contributed by atoms with Gasteiger partial charge in [-0.15, -0.1) is 0 Å². The molecule has 0 aromatic carbocycles. The van der Waals surface area contributed by atoms with E-state index in [0.717, 1.165) is 89.1 Å². The van der Waals surface area contributed by atoms with Crippen LogP contribution in [0.2, 0.25) is 0 Å². The number of aromatic nitrogens is 4. The number of aryl methyl sites for hydroxylation is 2. The highest BCUT2D eigenvalue weighted by Gasteiger charge is 2.28. The van der Waals surface area contributed by atoms with Crippen LogP contribution >= 0.6 is 0 Å². The number of nitrogens with zero attached hydrogens (tertiary/aromatic N) is 4. The van der Waals surface area contributed by atoms with Crippen molar-refractivity contribution >= 4 is 17.1 Å². The Kier molecular flexibility index (Phi) is 9.73. The second-order valence-electron chi connectivity index (χ2n) is 15.9. The number of Topliss-reactive ketones (excluding diaryl/α,β-unsaturated/α-hetero) is 1. The highest BCUT2D eigenvalue weighted by Crippen LogP contribution is 2.32. The smallest absolute Gasteiger partial charge is 0.137 e. The second-order valence-corrected chi connectivity index (χ2v) is 15.9. The Hall–Kier alpha value is -3.03. The van der Waals surface area contributed by atoms with Crippen LogP contribution in [0.3, 0.4) is 0 Å². The summed E-state index contributed by atoms with van der Waals surface area (Å²) in [4.78, 5) is 23.3. The lowest BCUT2D eigenvalue weighted by Gasteiger charge is -2.24. The molecule has 46 heavy (non-hydrogen) atoms. The van der Waals surface area contributed by atoms with Gasteiger partial charge in [0.1, 0.15) is 17.1 Å². The van der Waals surface area contributed by atoms with E-state index >= 15 is 0 Å². The molecule has 0 spiro atoms. The number of rotatable bonds is 10. The molecule has 0 unspecified atom stereocenters. The molecule has 7 heteroatoms. The molecule has 6 heterocycles. The first kappa shape index (κ1) is 32.9. The van der Waals surface area contributed by atoms with Gasteiger partial charge in [-0.2, -0.15) is 0 Å². The molecule has 2 aliphatic rings. The summed E-state index contributed by atoms with van der Waals surface area (Å²) < 4.78 is 15.8.